The van der Waals surface area contributed by atoms with E-state index < -0.39 is 5.41 Å². The fourth-order valence-corrected chi connectivity index (χ4v) is 5.98. The standard InChI is InChI=1S/C29H32FN3O2/c1-21(34)32-14-15-33(28(35)29(11-2-3-12-29)25-7-4-8-26(30)18-25)20-23(19-32)16-22-9-10-27-24(17-22)6-5-13-31-27/h4-10,13,17-18,23H,2-3,11-12,14-16,19-20H2,1H3/t23-/m1/s1. The van der Waals surface area contributed by atoms with Gasteiger partial charge in [-0.2, -0.15) is 0 Å². The molecule has 2 heterocycles. The molecule has 0 N–H and O–H groups in total. The van der Waals surface area contributed by atoms with Crippen molar-refractivity contribution in [3.63, 3.8) is 0 Å². The highest BCUT2D eigenvalue weighted by atomic mass is 19.1. The average Bonchev–Trinajstić information content (AvgIpc) is 3.26. The fraction of sp³-hybridized carbons (Fsp3) is 0.414. The van der Waals surface area contributed by atoms with Crippen LogP contribution in [0.1, 0.15) is 43.7 Å². The Balaban J connectivity index is 1.43. The van der Waals surface area contributed by atoms with Crippen molar-refractivity contribution in [2.24, 2.45) is 5.92 Å². The highest BCUT2D eigenvalue weighted by Crippen LogP contribution is 2.43. The minimum Gasteiger partial charge on any atom is -0.341 e. The Labute approximate surface area is 205 Å². The van der Waals surface area contributed by atoms with Crippen LogP contribution in [0.3, 0.4) is 0 Å². The maximum Gasteiger partial charge on any atom is 0.233 e. The number of nitrogens with zero attached hydrogens (tertiary/aromatic N) is 3. The zero-order valence-electron chi connectivity index (χ0n) is 20.3. The van der Waals surface area contributed by atoms with E-state index in [-0.39, 0.29) is 23.5 Å². The molecule has 1 aliphatic carbocycles. The topological polar surface area (TPSA) is 53.5 Å². The number of benzene rings is 2. The van der Waals surface area contributed by atoms with Gasteiger partial charge in [0.15, 0.2) is 0 Å². The second-order valence-corrected chi connectivity index (χ2v) is 10.1. The summed E-state index contributed by atoms with van der Waals surface area (Å²) in [6, 6.07) is 16.8. The molecular formula is C29H32FN3O2. The monoisotopic (exact) mass is 473 g/mol. The Bertz CT molecular complexity index is 1240. The first kappa shape index (κ1) is 23.5. The second kappa shape index (κ2) is 9.76. The molecule has 5 rings (SSSR count). The van der Waals surface area contributed by atoms with E-state index in [1.165, 1.54) is 17.7 Å². The van der Waals surface area contributed by atoms with Crippen LogP contribution >= 0.6 is 0 Å². The lowest BCUT2D eigenvalue weighted by Crippen LogP contribution is -2.48. The lowest BCUT2D eigenvalue weighted by molar-refractivity contribution is -0.138. The van der Waals surface area contributed by atoms with Crippen LogP contribution in [0.5, 0.6) is 0 Å². The quantitative estimate of drug-likeness (QED) is 0.550. The fourth-order valence-electron chi connectivity index (χ4n) is 5.98. The van der Waals surface area contributed by atoms with Gasteiger partial charge >= 0.3 is 0 Å². The zero-order valence-corrected chi connectivity index (χ0v) is 20.3. The lowest BCUT2D eigenvalue weighted by Gasteiger charge is -2.35. The van der Waals surface area contributed by atoms with Crippen molar-refractivity contribution in [3.05, 3.63) is 77.7 Å². The normalized spacial score (nSPS) is 20.1. The second-order valence-electron chi connectivity index (χ2n) is 10.1. The van der Waals surface area contributed by atoms with Gasteiger partial charge in [0.25, 0.3) is 0 Å². The summed E-state index contributed by atoms with van der Waals surface area (Å²) in [6.07, 6.45) is 5.97. The molecule has 1 saturated heterocycles. The predicted octanol–water partition coefficient (Wildman–Crippen LogP) is 4.74. The first-order chi connectivity index (χ1) is 16.9. The largest absolute Gasteiger partial charge is 0.341 e. The third kappa shape index (κ3) is 4.79. The molecule has 0 unspecified atom stereocenters. The van der Waals surface area contributed by atoms with E-state index in [9.17, 15) is 14.0 Å². The van der Waals surface area contributed by atoms with Crippen LogP contribution in [0, 0.1) is 11.7 Å². The number of amides is 2. The maximum atomic E-state index is 14.1. The SMILES string of the molecule is CC(=O)N1CCN(C(=O)C2(c3cccc(F)c3)CCCC2)C[C@H](Cc2ccc3ncccc3c2)C1. The van der Waals surface area contributed by atoms with E-state index in [1.54, 1.807) is 19.2 Å². The van der Waals surface area contributed by atoms with E-state index in [0.717, 1.165) is 48.6 Å². The summed E-state index contributed by atoms with van der Waals surface area (Å²) in [5.74, 6) is -0.0688. The first-order valence-corrected chi connectivity index (χ1v) is 12.6. The molecule has 182 valence electrons. The highest BCUT2D eigenvalue weighted by Gasteiger charge is 2.46. The molecule has 6 heteroatoms. The van der Waals surface area contributed by atoms with Gasteiger partial charge in [0, 0.05) is 44.7 Å². The molecule has 2 aromatic carbocycles. The minimum absolute atomic E-state index is 0.0349. The number of carbonyl (C=O) groups is 2. The summed E-state index contributed by atoms with van der Waals surface area (Å²) < 4.78 is 14.1. The summed E-state index contributed by atoms with van der Waals surface area (Å²) in [6.45, 7) is 3.84. The van der Waals surface area contributed by atoms with Crippen LogP contribution in [0.15, 0.2) is 60.8 Å². The van der Waals surface area contributed by atoms with Crippen LogP contribution in [-0.4, -0.2) is 52.8 Å². The minimum atomic E-state index is -0.674. The summed E-state index contributed by atoms with van der Waals surface area (Å²) in [5.41, 5.74) is 2.24. The van der Waals surface area contributed by atoms with Gasteiger partial charge in [0.05, 0.1) is 10.9 Å². The number of rotatable bonds is 4. The number of aromatic nitrogens is 1. The van der Waals surface area contributed by atoms with Gasteiger partial charge in [-0.3, -0.25) is 14.6 Å². The molecule has 1 saturated carbocycles. The van der Waals surface area contributed by atoms with Gasteiger partial charge in [-0.1, -0.05) is 37.1 Å². The van der Waals surface area contributed by atoms with Crippen LogP contribution < -0.4 is 0 Å². The Morgan fingerprint density at radius 1 is 1.00 bits per heavy atom. The molecule has 1 aromatic heterocycles. The molecule has 0 spiro atoms. The predicted molar refractivity (Wildman–Crippen MR) is 134 cm³/mol. The molecule has 3 aromatic rings. The van der Waals surface area contributed by atoms with Crippen molar-refractivity contribution in [1.82, 2.24) is 14.8 Å². The van der Waals surface area contributed by atoms with Crippen molar-refractivity contribution < 1.29 is 14.0 Å². The molecule has 0 radical (unpaired) electrons. The Morgan fingerprint density at radius 3 is 2.54 bits per heavy atom. The van der Waals surface area contributed by atoms with E-state index in [2.05, 4.69) is 23.2 Å². The van der Waals surface area contributed by atoms with E-state index in [0.29, 0.717) is 26.2 Å². The number of fused-ring (bicyclic) bond motifs is 1. The summed E-state index contributed by atoms with van der Waals surface area (Å²) in [5, 5.41) is 1.09. The maximum absolute atomic E-state index is 14.1. The molecule has 2 fully saturated rings. The van der Waals surface area contributed by atoms with Gasteiger partial charge in [-0.25, -0.2) is 4.39 Å². The highest BCUT2D eigenvalue weighted by molar-refractivity contribution is 5.89. The van der Waals surface area contributed by atoms with E-state index in [1.807, 2.05) is 28.0 Å². The van der Waals surface area contributed by atoms with E-state index >= 15 is 0 Å². The van der Waals surface area contributed by atoms with Gasteiger partial charge in [0.2, 0.25) is 11.8 Å². The summed E-state index contributed by atoms with van der Waals surface area (Å²) >= 11 is 0. The van der Waals surface area contributed by atoms with Crippen molar-refractivity contribution >= 4 is 22.7 Å². The smallest absolute Gasteiger partial charge is 0.233 e. The third-order valence-electron chi connectivity index (χ3n) is 7.77. The average molecular weight is 474 g/mol. The molecular weight excluding hydrogens is 441 g/mol. The Kier molecular flexibility index (Phi) is 6.54. The lowest BCUT2D eigenvalue weighted by atomic mass is 9.77. The van der Waals surface area contributed by atoms with Crippen LogP contribution in [0.4, 0.5) is 4.39 Å². The Hall–Kier alpha value is -3.28. The van der Waals surface area contributed by atoms with E-state index in [4.69, 9.17) is 0 Å². The molecule has 2 aliphatic rings. The molecule has 35 heavy (non-hydrogen) atoms. The zero-order chi connectivity index (χ0) is 24.4. The molecule has 1 atom stereocenters. The molecule has 5 nitrogen and oxygen atoms in total. The van der Waals surface area contributed by atoms with Gasteiger partial charge in [-0.05, 0) is 66.6 Å². The Morgan fingerprint density at radius 2 is 1.77 bits per heavy atom. The summed E-state index contributed by atoms with van der Waals surface area (Å²) in [7, 11) is 0. The molecule has 0 bridgehead atoms. The first-order valence-electron chi connectivity index (χ1n) is 12.6. The van der Waals surface area contributed by atoms with Crippen molar-refractivity contribution in [2.75, 3.05) is 26.2 Å². The summed E-state index contributed by atoms with van der Waals surface area (Å²) in [4.78, 5) is 34.7. The van der Waals surface area contributed by atoms with Crippen molar-refractivity contribution in [1.29, 1.82) is 0 Å². The number of pyridine rings is 1. The van der Waals surface area contributed by atoms with Gasteiger partial charge < -0.3 is 9.80 Å². The number of hydrogen-bond donors (Lipinski definition) is 0. The van der Waals surface area contributed by atoms with Crippen molar-refractivity contribution in [3.8, 4) is 0 Å². The van der Waals surface area contributed by atoms with Gasteiger partial charge in [-0.15, -0.1) is 0 Å². The van der Waals surface area contributed by atoms with Crippen LogP contribution in [-0.2, 0) is 21.4 Å². The van der Waals surface area contributed by atoms with Gasteiger partial charge in [0.1, 0.15) is 5.82 Å². The van der Waals surface area contributed by atoms with Crippen LogP contribution in [0.2, 0.25) is 0 Å². The number of carbonyl (C=O) groups excluding carboxylic acids is 2. The molecule has 2 amide bonds. The van der Waals surface area contributed by atoms with Crippen molar-refractivity contribution in [2.45, 2.75) is 44.4 Å². The number of hydrogen-bond acceptors (Lipinski definition) is 3. The van der Waals surface area contributed by atoms with Crippen LogP contribution in [0.25, 0.3) is 10.9 Å². The number of halogens is 1. The molecule has 1 aliphatic heterocycles. The third-order valence-corrected chi connectivity index (χ3v) is 7.77.